The molecule has 15 nitrogen and oxygen atoms in total. The lowest BCUT2D eigenvalue weighted by molar-refractivity contribution is -0.149. The molecule has 3 amide bonds. The number of esters is 1. The number of rotatable bonds is 27. The monoisotopic (exact) mass is 1020 g/mol. The summed E-state index contributed by atoms with van der Waals surface area (Å²) in [7, 11) is -4.38. The SMILES string of the molecule is O=C(NCCC[C@H](NC(=O)[C@H](Cc1ccc(OP(=O)(OCc2ccccc2)OCc2ccccc2)c(OCc2ccccc2)c1)NC(=O)OCc1ccccc1)C(=O)OCc1ccccc1)OCc1ccccc1. The molecule has 7 aromatic carbocycles. The molecule has 0 aliphatic heterocycles. The second-order valence-electron chi connectivity index (χ2n) is 16.9. The van der Waals surface area contributed by atoms with E-state index in [1.807, 2.05) is 158 Å². The number of carbonyl (C=O) groups is 4. The highest BCUT2D eigenvalue weighted by molar-refractivity contribution is 7.48. The zero-order valence-electron chi connectivity index (χ0n) is 40.6. The van der Waals surface area contributed by atoms with Gasteiger partial charge < -0.3 is 39.4 Å². The number of alkyl carbamates (subject to hydrolysis) is 2. The van der Waals surface area contributed by atoms with Crippen molar-refractivity contribution in [3.05, 3.63) is 239 Å². The van der Waals surface area contributed by atoms with E-state index in [4.69, 9.17) is 32.5 Å². The summed E-state index contributed by atoms with van der Waals surface area (Å²) in [5.41, 5.74) is 5.02. The number of nitrogens with one attached hydrogen (secondary N) is 3. The minimum Gasteiger partial charge on any atom is -0.485 e. The number of benzene rings is 7. The normalized spacial score (nSPS) is 11.8. The van der Waals surface area contributed by atoms with Crippen LogP contribution in [0, 0.1) is 0 Å². The van der Waals surface area contributed by atoms with E-state index in [9.17, 15) is 23.7 Å². The fraction of sp³-hybridized carbons (Fsp3) is 0.207. The molecule has 0 aliphatic rings. The van der Waals surface area contributed by atoms with E-state index in [-0.39, 0.29) is 76.9 Å². The summed E-state index contributed by atoms with van der Waals surface area (Å²) in [5.74, 6) is -1.32. The molecule has 0 fully saturated rings. The van der Waals surface area contributed by atoms with Crippen LogP contribution < -0.4 is 25.2 Å². The maximum atomic E-state index is 14.6. The predicted octanol–water partition coefficient (Wildman–Crippen LogP) is 11.0. The summed E-state index contributed by atoms with van der Waals surface area (Å²) in [4.78, 5) is 54.4. The van der Waals surface area contributed by atoms with E-state index in [1.54, 1.807) is 36.4 Å². The Hall–Kier alpha value is -8.23. The molecule has 0 unspecified atom stereocenters. The Morgan fingerprint density at radius 2 is 0.865 bits per heavy atom. The summed E-state index contributed by atoms with van der Waals surface area (Å²) < 4.78 is 55.5. The topological polar surface area (TPSA) is 186 Å². The quantitative estimate of drug-likeness (QED) is 0.0192. The Labute approximate surface area is 430 Å². The summed E-state index contributed by atoms with van der Waals surface area (Å²) >= 11 is 0. The van der Waals surface area contributed by atoms with Gasteiger partial charge in [0.05, 0.1) is 13.2 Å². The zero-order valence-corrected chi connectivity index (χ0v) is 41.5. The first-order valence-corrected chi connectivity index (χ1v) is 25.5. The van der Waals surface area contributed by atoms with Crippen molar-refractivity contribution in [3.63, 3.8) is 0 Å². The minimum atomic E-state index is -4.38. The van der Waals surface area contributed by atoms with Crippen LogP contribution in [0.3, 0.4) is 0 Å². The molecule has 0 spiro atoms. The average molecular weight is 1020 g/mol. The smallest absolute Gasteiger partial charge is 0.485 e. The van der Waals surface area contributed by atoms with Gasteiger partial charge in [0.25, 0.3) is 0 Å². The van der Waals surface area contributed by atoms with E-state index in [1.165, 1.54) is 6.07 Å². The van der Waals surface area contributed by atoms with Crippen molar-refractivity contribution in [2.24, 2.45) is 0 Å². The standard InChI is InChI=1S/C58H58N3O12P/c62-55(60-51(56(63)68-39-45-22-9-2-10-23-45)32-19-35-59-57(64)69-40-46-24-11-3-12-25-46)52(61-58(65)70-41-47-26-13-4-14-27-47)36-50-33-34-53(54(37-50)67-38-44-20-7-1-8-21-44)73-74(66,71-42-48-28-15-5-16-29-48)72-43-49-30-17-6-18-31-49/h1-18,20-31,33-34,37,51-52H,19,32,35-36,38-43H2,(H,59,64)(H,60,62)(H,61,65)/t51-,52-/m0/s1. The highest BCUT2D eigenvalue weighted by atomic mass is 31.2. The number of carbonyl (C=O) groups excluding carboxylic acids is 4. The molecule has 0 bridgehead atoms. The number of hydrogen-bond donors (Lipinski definition) is 3. The second-order valence-corrected chi connectivity index (χ2v) is 18.5. The molecule has 0 heterocycles. The fourth-order valence-corrected chi connectivity index (χ4v) is 8.43. The second kappa shape index (κ2) is 28.7. The number of amides is 3. The molecule has 0 saturated carbocycles. The molecule has 0 saturated heterocycles. The van der Waals surface area contributed by atoms with Crippen LogP contribution in [0.4, 0.5) is 9.59 Å². The lowest BCUT2D eigenvalue weighted by atomic mass is 10.0. The third-order valence-corrected chi connectivity index (χ3v) is 12.5. The van der Waals surface area contributed by atoms with Crippen molar-refractivity contribution in [2.75, 3.05) is 6.54 Å². The molecule has 74 heavy (non-hydrogen) atoms. The first-order chi connectivity index (χ1) is 36.2. The summed E-state index contributed by atoms with van der Waals surface area (Å²) in [6.45, 7) is -0.0753. The molecule has 7 rings (SSSR count). The van der Waals surface area contributed by atoms with Crippen molar-refractivity contribution >= 4 is 31.9 Å². The van der Waals surface area contributed by atoms with Crippen molar-refractivity contribution in [3.8, 4) is 11.5 Å². The van der Waals surface area contributed by atoms with Crippen LogP contribution in [0.15, 0.2) is 200 Å². The van der Waals surface area contributed by atoms with Crippen LogP contribution in [0.1, 0.15) is 51.8 Å². The highest BCUT2D eigenvalue weighted by Crippen LogP contribution is 2.53. The Morgan fingerprint density at radius 3 is 1.35 bits per heavy atom. The Balaban J connectivity index is 1.12. The maximum absolute atomic E-state index is 14.6. The van der Waals surface area contributed by atoms with Crippen LogP contribution in [0.2, 0.25) is 0 Å². The van der Waals surface area contributed by atoms with Gasteiger partial charge in [-0.15, -0.1) is 0 Å². The molecular weight excluding hydrogens is 962 g/mol. The van der Waals surface area contributed by atoms with Crippen molar-refractivity contribution in [2.45, 2.75) is 71.0 Å². The summed E-state index contributed by atoms with van der Waals surface area (Å²) in [6, 6.07) is 57.2. The average Bonchev–Trinajstić information content (AvgIpc) is 3.44. The van der Waals surface area contributed by atoms with Gasteiger partial charge in [-0.2, -0.15) is 0 Å². The Kier molecular flexibility index (Phi) is 20.8. The molecular formula is C58H58N3O12P. The largest absolute Gasteiger partial charge is 0.530 e. The van der Waals surface area contributed by atoms with E-state index in [0.29, 0.717) is 5.56 Å². The number of phosphoric ester groups is 1. The number of hydrogen-bond acceptors (Lipinski definition) is 12. The van der Waals surface area contributed by atoms with E-state index in [2.05, 4.69) is 16.0 Å². The summed E-state index contributed by atoms with van der Waals surface area (Å²) in [6.07, 6.45) is -1.42. The van der Waals surface area contributed by atoms with Crippen LogP contribution in [-0.2, 0) is 83.5 Å². The van der Waals surface area contributed by atoms with Crippen LogP contribution in [0.25, 0.3) is 0 Å². The lowest BCUT2D eigenvalue weighted by Crippen LogP contribution is -2.53. The molecule has 2 atom stereocenters. The summed E-state index contributed by atoms with van der Waals surface area (Å²) in [5, 5.41) is 8.17. The molecule has 0 aliphatic carbocycles. The molecule has 382 valence electrons. The highest BCUT2D eigenvalue weighted by Gasteiger charge is 2.32. The molecule has 0 radical (unpaired) electrons. The first kappa shape index (κ1) is 53.6. The number of ether oxygens (including phenoxy) is 4. The molecule has 7 aromatic rings. The van der Waals surface area contributed by atoms with Crippen molar-refractivity contribution in [1.82, 2.24) is 16.0 Å². The third kappa shape index (κ3) is 18.4. The first-order valence-electron chi connectivity index (χ1n) is 24.1. The maximum Gasteiger partial charge on any atom is 0.530 e. The number of phosphoric acid groups is 1. The van der Waals surface area contributed by atoms with Gasteiger partial charge in [0, 0.05) is 13.0 Å². The minimum absolute atomic E-state index is 0.0177. The van der Waals surface area contributed by atoms with Gasteiger partial charge >= 0.3 is 26.0 Å². The fourth-order valence-electron chi connectivity index (χ4n) is 7.24. The van der Waals surface area contributed by atoms with Crippen LogP contribution in [-0.4, -0.2) is 42.7 Å². The lowest BCUT2D eigenvalue weighted by Gasteiger charge is -2.24. The molecule has 16 heteroatoms. The van der Waals surface area contributed by atoms with Gasteiger partial charge in [-0.3, -0.25) is 13.8 Å². The predicted molar refractivity (Wildman–Crippen MR) is 277 cm³/mol. The third-order valence-electron chi connectivity index (χ3n) is 11.2. The molecule has 0 aromatic heterocycles. The van der Waals surface area contributed by atoms with Gasteiger partial charge in [-0.05, 0) is 63.9 Å². The Bertz CT molecular complexity index is 2820. The van der Waals surface area contributed by atoms with E-state index in [0.717, 1.165) is 33.4 Å². The zero-order chi connectivity index (χ0) is 51.6. The van der Waals surface area contributed by atoms with E-state index >= 15 is 0 Å². The van der Waals surface area contributed by atoms with Crippen LogP contribution >= 0.6 is 7.82 Å². The molecule has 3 N–H and O–H groups in total. The van der Waals surface area contributed by atoms with Crippen molar-refractivity contribution < 1.29 is 56.3 Å². The van der Waals surface area contributed by atoms with Crippen LogP contribution in [0.5, 0.6) is 11.5 Å². The van der Waals surface area contributed by atoms with Crippen molar-refractivity contribution in [1.29, 1.82) is 0 Å². The van der Waals surface area contributed by atoms with Gasteiger partial charge in [0.1, 0.15) is 38.5 Å². The van der Waals surface area contributed by atoms with Gasteiger partial charge in [0.2, 0.25) is 5.91 Å². The van der Waals surface area contributed by atoms with Gasteiger partial charge in [-0.25, -0.2) is 18.9 Å². The van der Waals surface area contributed by atoms with E-state index < -0.39 is 44.0 Å². The van der Waals surface area contributed by atoms with Gasteiger partial charge in [-0.1, -0.05) is 188 Å². The van der Waals surface area contributed by atoms with Gasteiger partial charge in [0.15, 0.2) is 11.5 Å². The Morgan fingerprint density at radius 1 is 0.432 bits per heavy atom.